The lowest BCUT2D eigenvalue weighted by molar-refractivity contribution is -0.139. The van der Waals surface area contributed by atoms with Crippen molar-refractivity contribution in [2.75, 3.05) is 32.7 Å². The molecule has 0 aliphatic rings. The number of halogens is 1. The molecule has 0 fully saturated rings. The summed E-state index contributed by atoms with van der Waals surface area (Å²) < 4.78 is 16.0. The zero-order chi connectivity index (χ0) is 29.1. The number of nitrogens with one attached hydrogen (secondary N) is 3. The quantitative estimate of drug-likeness (QED) is 0.184. The number of aryl methyl sites for hydroxylation is 2. The fourth-order valence-electron chi connectivity index (χ4n) is 3.65. The summed E-state index contributed by atoms with van der Waals surface area (Å²) in [5.74, 6) is -0.557. The molecule has 210 valence electrons. The molecule has 0 aliphatic carbocycles. The van der Waals surface area contributed by atoms with Gasteiger partial charge in [-0.3, -0.25) is 14.4 Å². The van der Waals surface area contributed by atoms with Crippen LogP contribution >= 0.6 is 11.6 Å². The Balaban J connectivity index is 1.43. The number of anilines is 1. The number of amides is 3. The monoisotopic (exact) mass is 566 g/mol. The van der Waals surface area contributed by atoms with Gasteiger partial charge in [-0.05, 0) is 73.4 Å². The van der Waals surface area contributed by atoms with E-state index in [0.29, 0.717) is 34.9 Å². The third-order valence-corrected chi connectivity index (χ3v) is 6.00. The molecule has 11 heteroatoms. The van der Waals surface area contributed by atoms with Gasteiger partial charge in [0.15, 0.2) is 18.1 Å². The van der Waals surface area contributed by atoms with Crippen molar-refractivity contribution in [2.24, 2.45) is 5.10 Å². The molecule has 3 aromatic rings. The minimum Gasteiger partial charge on any atom is -0.493 e. The fraction of sp³-hybridized carbons (Fsp3) is 0.241. The predicted molar refractivity (Wildman–Crippen MR) is 153 cm³/mol. The van der Waals surface area contributed by atoms with Crippen LogP contribution in [0.3, 0.4) is 0 Å². The van der Waals surface area contributed by atoms with Crippen LogP contribution in [0.15, 0.2) is 59.7 Å². The highest BCUT2D eigenvalue weighted by molar-refractivity contribution is 6.35. The van der Waals surface area contributed by atoms with Crippen LogP contribution < -0.4 is 30.3 Å². The lowest BCUT2D eigenvalue weighted by Gasteiger charge is -2.11. The van der Waals surface area contributed by atoms with Gasteiger partial charge in [-0.2, -0.15) is 5.10 Å². The van der Waals surface area contributed by atoms with E-state index in [0.717, 1.165) is 16.7 Å². The van der Waals surface area contributed by atoms with E-state index in [1.165, 1.54) is 6.21 Å². The van der Waals surface area contributed by atoms with Gasteiger partial charge in [0.05, 0.1) is 25.5 Å². The normalized spacial score (nSPS) is 10.6. The number of rotatable bonds is 11. The molecule has 3 rings (SSSR count). The van der Waals surface area contributed by atoms with E-state index in [2.05, 4.69) is 21.2 Å². The van der Waals surface area contributed by atoms with Crippen molar-refractivity contribution in [2.45, 2.75) is 20.3 Å². The highest BCUT2D eigenvalue weighted by atomic mass is 35.5. The van der Waals surface area contributed by atoms with Crippen LogP contribution in [-0.4, -0.2) is 51.3 Å². The lowest BCUT2D eigenvalue weighted by Crippen LogP contribution is -2.38. The van der Waals surface area contributed by atoms with Crippen molar-refractivity contribution in [3.05, 3.63) is 81.9 Å². The minimum absolute atomic E-state index is 0.225. The van der Waals surface area contributed by atoms with Crippen LogP contribution in [0.25, 0.3) is 0 Å². The number of benzene rings is 3. The van der Waals surface area contributed by atoms with Crippen LogP contribution in [0.4, 0.5) is 5.69 Å². The molecule has 10 nitrogen and oxygen atoms in total. The number of hydrazone groups is 1. The van der Waals surface area contributed by atoms with Crippen molar-refractivity contribution in [3.8, 4) is 17.2 Å². The summed E-state index contributed by atoms with van der Waals surface area (Å²) in [5.41, 5.74) is 6.40. The lowest BCUT2D eigenvalue weighted by atomic mass is 10.1. The molecule has 3 aromatic carbocycles. The second-order valence-electron chi connectivity index (χ2n) is 8.74. The van der Waals surface area contributed by atoms with E-state index in [1.54, 1.807) is 44.6 Å². The molecule has 0 aromatic heterocycles. The first kappa shape index (κ1) is 30.0. The van der Waals surface area contributed by atoms with Crippen LogP contribution in [0.1, 0.15) is 22.3 Å². The van der Waals surface area contributed by atoms with Gasteiger partial charge in [0, 0.05) is 12.2 Å². The SMILES string of the molecule is COc1ccc(CCNC(=O)C(=O)N/N=C\c2ccc(OCC(=O)Nc3ccc(C)cc3C)c(Cl)c2)cc1OC. The fourth-order valence-corrected chi connectivity index (χ4v) is 3.89. The van der Waals surface area contributed by atoms with Gasteiger partial charge in [0.1, 0.15) is 5.75 Å². The highest BCUT2D eigenvalue weighted by Crippen LogP contribution is 2.27. The van der Waals surface area contributed by atoms with Gasteiger partial charge in [0.25, 0.3) is 5.91 Å². The molecule has 0 heterocycles. The molecule has 40 heavy (non-hydrogen) atoms. The van der Waals surface area contributed by atoms with E-state index < -0.39 is 11.8 Å². The van der Waals surface area contributed by atoms with Gasteiger partial charge >= 0.3 is 11.8 Å². The Morgan fingerprint density at radius 3 is 2.35 bits per heavy atom. The van der Waals surface area contributed by atoms with Gasteiger partial charge in [-0.1, -0.05) is 35.4 Å². The molecule has 0 saturated heterocycles. The van der Waals surface area contributed by atoms with Gasteiger partial charge < -0.3 is 24.8 Å². The Labute approximate surface area is 237 Å². The smallest absolute Gasteiger partial charge is 0.329 e. The molecule has 0 saturated carbocycles. The van der Waals surface area contributed by atoms with Crippen LogP contribution in [0, 0.1) is 13.8 Å². The van der Waals surface area contributed by atoms with Crippen molar-refractivity contribution < 1.29 is 28.6 Å². The number of hydrogen-bond donors (Lipinski definition) is 3. The molecule has 0 aliphatic heterocycles. The van der Waals surface area contributed by atoms with Gasteiger partial charge in [-0.15, -0.1) is 0 Å². The average Bonchev–Trinajstić information content (AvgIpc) is 2.93. The summed E-state index contributed by atoms with van der Waals surface area (Å²) in [4.78, 5) is 36.4. The number of nitrogens with zero attached hydrogens (tertiary/aromatic N) is 1. The third-order valence-electron chi connectivity index (χ3n) is 5.70. The number of methoxy groups -OCH3 is 2. The van der Waals surface area contributed by atoms with E-state index >= 15 is 0 Å². The third kappa shape index (κ3) is 8.74. The van der Waals surface area contributed by atoms with Gasteiger partial charge in [-0.25, -0.2) is 5.43 Å². The van der Waals surface area contributed by atoms with E-state index in [4.69, 9.17) is 25.8 Å². The summed E-state index contributed by atoms with van der Waals surface area (Å²) >= 11 is 6.27. The molecule has 0 atom stereocenters. The number of hydrogen-bond acceptors (Lipinski definition) is 7. The maximum absolute atomic E-state index is 12.3. The van der Waals surface area contributed by atoms with E-state index in [9.17, 15) is 14.4 Å². The second-order valence-corrected chi connectivity index (χ2v) is 9.15. The topological polar surface area (TPSA) is 127 Å². The first-order valence-corrected chi connectivity index (χ1v) is 12.7. The summed E-state index contributed by atoms with van der Waals surface area (Å²) in [7, 11) is 3.09. The van der Waals surface area contributed by atoms with Gasteiger partial charge in [0.2, 0.25) is 0 Å². The Hall–Kier alpha value is -4.57. The molecule has 3 N–H and O–H groups in total. The first-order chi connectivity index (χ1) is 19.2. The Bertz CT molecular complexity index is 1410. The Morgan fingerprint density at radius 1 is 0.900 bits per heavy atom. The summed E-state index contributed by atoms with van der Waals surface area (Å²) in [6.07, 6.45) is 1.82. The molecular weight excluding hydrogens is 536 g/mol. The largest absolute Gasteiger partial charge is 0.493 e. The Kier molecular flexibility index (Phi) is 10.9. The number of carbonyl (C=O) groups is 3. The van der Waals surface area contributed by atoms with Crippen molar-refractivity contribution >= 4 is 41.2 Å². The van der Waals surface area contributed by atoms with E-state index in [1.807, 2.05) is 38.1 Å². The summed E-state index contributed by atoms with van der Waals surface area (Å²) in [6, 6.07) is 15.9. The summed E-state index contributed by atoms with van der Waals surface area (Å²) in [6.45, 7) is 3.91. The highest BCUT2D eigenvalue weighted by Gasteiger charge is 2.13. The molecule has 3 amide bonds. The zero-order valence-electron chi connectivity index (χ0n) is 22.7. The number of carbonyl (C=O) groups excluding carboxylic acids is 3. The molecule has 0 spiro atoms. The van der Waals surface area contributed by atoms with Crippen molar-refractivity contribution in [1.82, 2.24) is 10.7 Å². The van der Waals surface area contributed by atoms with E-state index in [-0.39, 0.29) is 24.1 Å². The van der Waals surface area contributed by atoms with Crippen molar-refractivity contribution in [3.63, 3.8) is 0 Å². The van der Waals surface area contributed by atoms with Crippen molar-refractivity contribution in [1.29, 1.82) is 0 Å². The number of ether oxygens (including phenoxy) is 3. The molecular formula is C29H31ClN4O6. The van der Waals surface area contributed by atoms with Crippen LogP contribution in [0.5, 0.6) is 17.2 Å². The second kappa shape index (κ2) is 14.5. The zero-order valence-corrected chi connectivity index (χ0v) is 23.4. The molecule has 0 unspecified atom stereocenters. The van der Waals surface area contributed by atoms with Crippen LogP contribution in [0.2, 0.25) is 5.02 Å². The predicted octanol–water partition coefficient (Wildman–Crippen LogP) is 3.80. The standard InChI is InChI=1S/C29H31ClN4O6/c1-18-5-8-23(19(2)13-18)33-27(35)17-40-24-9-7-21(14-22(24)30)16-32-34-29(37)28(36)31-12-11-20-6-10-25(38-3)26(15-20)39-4/h5-10,13-16H,11-12,17H2,1-4H3,(H,31,36)(H,33,35)(H,34,37)/b32-16-. The average molecular weight is 567 g/mol. The van der Waals surface area contributed by atoms with Crippen LogP contribution in [-0.2, 0) is 20.8 Å². The minimum atomic E-state index is -0.913. The molecule has 0 radical (unpaired) electrons. The summed E-state index contributed by atoms with van der Waals surface area (Å²) in [5, 5.41) is 9.39. The first-order valence-electron chi connectivity index (χ1n) is 12.3. The molecule has 0 bridgehead atoms. The maximum atomic E-state index is 12.3. The maximum Gasteiger partial charge on any atom is 0.329 e. The Morgan fingerprint density at radius 2 is 1.65 bits per heavy atom.